The van der Waals surface area contributed by atoms with Crippen molar-refractivity contribution in [3.63, 3.8) is 0 Å². The van der Waals surface area contributed by atoms with Crippen molar-refractivity contribution in [1.29, 1.82) is 0 Å². The number of carbonyl (C=O) groups excluding carboxylic acids is 3. The van der Waals surface area contributed by atoms with Gasteiger partial charge in [-0.15, -0.1) is 0 Å². The highest BCUT2D eigenvalue weighted by Crippen LogP contribution is 2.43. The SMILES string of the molecule is Cc1c(C(=O)N2CC3CN(C(=O)CC(C)C)CC3(CO)C2)[nH]c2c1C(=O)CCC2. The van der Waals surface area contributed by atoms with Crippen molar-refractivity contribution in [2.75, 3.05) is 32.8 Å². The molecule has 1 aromatic heterocycles. The van der Waals surface area contributed by atoms with Crippen LogP contribution in [0.25, 0.3) is 0 Å². The Morgan fingerprint density at radius 3 is 2.52 bits per heavy atom. The van der Waals surface area contributed by atoms with E-state index in [1.807, 2.05) is 25.7 Å². The number of aliphatic hydroxyl groups excluding tert-OH is 1. The van der Waals surface area contributed by atoms with Gasteiger partial charge in [-0.25, -0.2) is 0 Å². The number of ketones is 1. The molecule has 1 aromatic rings. The first-order chi connectivity index (χ1) is 13.8. The molecule has 7 heteroatoms. The number of aromatic amines is 1. The number of likely N-dealkylation sites (tertiary alicyclic amines) is 2. The molecular weight excluding hydrogens is 370 g/mol. The van der Waals surface area contributed by atoms with Crippen molar-refractivity contribution in [2.45, 2.75) is 46.5 Å². The molecule has 2 aliphatic heterocycles. The Morgan fingerprint density at radius 2 is 1.90 bits per heavy atom. The molecule has 2 atom stereocenters. The number of aliphatic hydroxyl groups is 1. The molecule has 158 valence electrons. The third kappa shape index (κ3) is 3.29. The van der Waals surface area contributed by atoms with Crippen LogP contribution < -0.4 is 0 Å². The summed E-state index contributed by atoms with van der Waals surface area (Å²) in [6.45, 7) is 7.93. The van der Waals surface area contributed by atoms with Crippen LogP contribution in [0, 0.1) is 24.2 Å². The smallest absolute Gasteiger partial charge is 0.270 e. The Bertz CT molecular complexity index is 858. The van der Waals surface area contributed by atoms with Gasteiger partial charge in [0.05, 0.1) is 6.61 Å². The van der Waals surface area contributed by atoms with E-state index >= 15 is 0 Å². The highest BCUT2D eigenvalue weighted by molar-refractivity contribution is 6.04. The van der Waals surface area contributed by atoms with Crippen molar-refractivity contribution in [3.8, 4) is 0 Å². The van der Waals surface area contributed by atoms with Crippen molar-refractivity contribution in [1.82, 2.24) is 14.8 Å². The Hall–Kier alpha value is -2.15. The second-order valence-electron chi connectivity index (χ2n) is 9.53. The second kappa shape index (κ2) is 7.27. The van der Waals surface area contributed by atoms with Crippen LogP contribution in [0.3, 0.4) is 0 Å². The summed E-state index contributed by atoms with van der Waals surface area (Å²) < 4.78 is 0. The van der Waals surface area contributed by atoms with Gasteiger partial charge in [-0.1, -0.05) is 13.8 Å². The molecule has 0 saturated carbocycles. The van der Waals surface area contributed by atoms with E-state index in [2.05, 4.69) is 4.98 Å². The van der Waals surface area contributed by atoms with Crippen LogP contribution in [0.5, 0.6) is 0 Å². The Morgan fingerprint density at radius 1 is 1.21 bits per heavy atom. The fourth-order valence-electron chi connectivity index (χ4n) is 5.37. The van der Waals surface area contributed by atoms with Crippen molar-refractivity contribution in [2.24, 2.45) is 17.3 Å². The molecule has 3 heterocycles. The van der Waals surface area contributed by atoms with Crippen LogP contribution in [-0.2, 0) is 11.2 Å². The molecule has 0 bridgehead atoms. The molecule has 2 fully saturated rings. The predicted octanol–water partition coefficient (Wildman–Crippen LogP) is 1.78. The molecule has 3 aliphatic rings. The first-order valence-corrected chi connectivity index (χ1v) is 10.7. The van der Waals surface area contributed by atoms with Gasteiger partial charge < -0.3 is 19.9 Å². The average molecular weight is 402 g/mol. The van der Waals surface area contributed by atoms with Crippen molar-refractivity contribution in [3.05, 3.63) is 22.5 Å². The number of aromatic nitrogens is 1. The van der Waals surface area contributed by atoms with Crippen LogP contribution in [0.1, 0.15) is 65.2 Å². The van der Waals surface area contributed by atoms with Gasteiger partial charge in [-0.2, -0.15) is 0 Å². The maximum Gasteiger partial charge on any atom is 0.270 e. The number of Topliss-reactive ketones (excluding diaryl/α,β-unsaturated/α-hetero) is 1. The summed E-state index contributed by atoms with van der Waals surface area (Å²) >= 11 is 0. The van der Waals surface area contributed by atoms with Crippen LogP contribution >= 0.6 is 0 Å². The lowest BCUT2D eigenvalue weighted by Gasteiger charge is -2.27. The zero-order chi connectivity index (χ0) is 20.9. The molecule has 29 heavy (non-hydrogen) atoms. The van der Waals surface area contributed by atoms with E-state index in [0.717, 1.165) is 24.1 Å². The van der Waals surface area contributed by atoms with Crippen molar-refractivity contribution >= 4 is 17.6 Å². The number of carbonyl (C=O) groups is 3. The van der Waals surface area contributed by atoms with E-state index < -0.39 is 5.41 Å². The van der Waals surface area contributed by atoms with Gasteiger partial charge in [0.15, 0.2) is 5.78 Å². The van der Waals surface area contributed by atoms with E-state index in [9.17, 15) is 19.5 Å². The third-order valence-corrected chi connectivity index (χ3v) is 6.95. The van der Waals surface area contributed by atoms with Crippen LogP contribution in [0.4, 0.5) is 0 Å². The number of hydrogen-bond donors (Lipinski definition) is 2. The molecule has 7 nitrogen and oxygen atoms in total. The van der Waals surface area contributed by atoms with Gasteiger partial charge in [-0.3, -0.25) is 14.4 Å². The topological polar surface area (TPSA) is 93.7 Å². The standard InChI is InChI=1S/C22H31N3O4/c1-13(2)7-18(28)24-8-15-9-25(11-22(15,10-24)12-26)21(29)20-14(3)19-16(23-20)5-4-6-17(19)27/h13,15,23,26H,4-12H2,1-3H3. The Balaban J connectivity index is 1.51. The van der Waals surface area contributed by atoms with E-state index in [0.29, 0.717) is 56.2 Å². The fraction of sp³-hybridized carbons (Fsp3) is 0.682. The maximum atomic E-state index is 13.3. The Labute approximate surface area is 171 Å². The molecule has 2 saturated heterocycles. The number of nitrogens with one attached hydrogen (secondary N) is 1. The molecule has 0 radical (unpaired) electrons. The fourth-order valence-corrected chi connectivity index (χ4v) is 5.37. The molecule has 0 spiro atoms. The van der Waals surface area contributed by atoms with E-state index in [1.165, 1.54) is 0 Å². The van der Waals surface area contributed by atoms with Crippen LogP contribution in [0.2, 0.25) is 0 Å². The van der Waals surface area contributed by atoms with Gasteiger partial charge in [-0.05, 0) is 31.2 Å². The summed E-state index contributed by atoms with van der Waals surface area (Å²) in [7, 11) is 0. The molecular formula is C22H31N3O4. The minimum absolute atomic E-state index is 0.0361. The number of H-pyrrole nitrogens is 1. The minimum Gasteiger partial charge on any atom is -0.396 e. The lowest BCUT2D eigenvalue weighted by atomic mass is 9.82. The highest BCUT2D eigenvalue weighted by atomic mass is 16.3. The van der Waals surface area contributed by atoms with Gasteiger partial charge >= 0.3 is 0 Å². The second-order valence-corrected chi connectivity index (χ2v) is 9.53. The van der Waals surface area contributed by atoms with Crippen molar-refractivity contribution < 1.29 is 19.5 Å². The number of amides is 2. The predicted molar refractivity (Wildman–Crippen MR) is 108 cm³/mol. The zero-order valence-electron chi connectivity index (χ0n) is 17.6. The summed E-state index contributed by atoms with van der Waals surface area (Å²) in [4.78, 5) is 44.9. The summed E-state index contributed by atoms with van der Waals surface area (Å²) in [5.74, 6) is 0.525. The number of hydrogen-bond acceptors (Lipinski definition) is 4. The van der Waals surface area contributed by atoms with Gasteiger partial charge in [0.25, 0.3) is 5.91 Å². The van der Waals surface area contributed by atoms with E-state index in [-0.39, 0.29) is 30.1 Å². The first kappa shape index (κ1) is 20.1. The highest BCUT2D eigenvalue weighted by Gasteiger charge is 2.54. The van der Waals surface area contributed by atoms with Crippen LogP contribution in [0.15, 0.2) is 0 Å². The molecule has 4 rings (SSSR count). The first-order valence-electron chi connectivity index (χ1n) is 10.7. The van der Waals surface area contributed by atoms with Gasteiger partial charge in [0.1, 0.15) is 5.69 Å². The molecule has 1 aliphatic carbocycles. The lowest BCUT2D eigenvalue weighted by molar-refractivity contribution is -0.131. The zero-order valence-corrected chi connectivity index (χ0v) is 17.6. The Kier molecular flexibility index (Phi) is 5.05. The lowest BCUT2D eigenvalue weighted by Crippen LogP contribution is -2.40. The van der Waals surface area contributed by atoms with Gasteiger partial charge in [0.2, 0.25) is 5.91 Å². The summed E-state index contributed by atoms with van der Waals surface area (Å²) in [5.41, 5.74) is 2.38. The molecule has 2 amide bonds. The number of fused-ring (bicyclic) bond motifs is 2. The third-order valence-electron chi connectivity index (χ3n) is 6.95. The monoisotopic (exact) mass is 401 g/mol. The molecule has 2 N–H and O–H groups in total. The number of aryl methyl sites for hydroxylation is 1. The largest absolute Gasteiger partial charge is 0.396 e. The summed E-state index contributed by atoms with van der Waals surface area (Å²) in [5, 5.41) is 10.2. The minimum atomic E-state index is -0.446. The average Bonchev–Trinajstić information content (AvgIpc) is 3.30. The molecule has 2 unspecified atom stereocenters. The van der Waals surface area contributed by atoms with E-state index in [4.69, 9.17) is 0 Å². The molecule has 0 aromatic carbocycles. The summed E-state index contributed by atoms with van der Waals surface area (Å²) in [6, 6.07) is 0. The maximum absolute atomic E-state index is 13.3. The summed E-state index contributed by atoms with van der Waals surface area (Å²) in [6.07, 6.45) is 2.67. The quantitative estimate of drug-likeness (QED) is 0.804. The normalized spacial score (nSPS) is 26.2. The van der Waals surface area contributed by atoms with Crippen LogP contribution in [-0.4, -0.2) is 70.3 Å². The van der Waals surface area contributed by atoms with E-state index in [1.54, 1.807) is 4.90 Å². The van der Waals surface area contributed by atoms with Gasteiger partial charge in [0, 0.05) is 61.6 Å². The number of nitrogens with zero attached hydrogens (tertiary/aromatic N) is 2. The number of rotatable bonds is 4.